The maximum atomic E-state index is 13.3. The van der Waals surface area contributed by atoms with E-state index in [0.717, 1.165) is 5.56 Å². The third-order valence-corrected chi connectivity index (χ3v) is 3.36. The zero-order valence-electron chi connectivity index (χ0n) is 10.8. The summed E-state index contributed by atoms with van der Waals surface area (Å²) in [5.74, 6) is -0.609. The molecule has 21 heavy (non-hydrogen) atoms. The Morgan fingerprint density at radius 3 is 2.52 bits per heavy atom. The van der Waals surface area contributed by atoms with Crippen LogP contribution in [0, 0.1) is 5.82 Å². The zero-order valence-corrected chi connectivity index (χ0v) is 12.3. The Bertz CT molecular complexity index is 669. The number of oxime groups is 1. The van der Waals surface area contributed by atoms with Crippen molar-refractivity contribution < 1.29 is 9.60 Å². The lowest BCUT2D eigenvalue weighted by atomic mass is 10.1. The largest absolute Gasteiger partial charge is 0.409 e. The molecule has 0 bridgehead atoms. The van der Waals surface area contributed by atoms with E-state index in [2.05, 4.69) is 10.5 Å². The minimum Gasteiger partial charge on any atom is -0.409 e. The van der Waals surface area contributed by atoms with Crippen molar-refractivity contribution in [1.82, 2.24) is 0 Å². The van der Waals surface area contributed by atoms with Gasteiger partial charge in [0.25, 0.3) is 0 Å². The van der Waals surface area contributed by atoms with E-state index in [1.807, 2.05) is 6.07 Å². The number of hydrogen-bond donors (Lipinski definition) is 3. The summed E-state index contributed by atoms with van der Waals surface area (Å²) in [6.45, 7) is 0.449. The standard InChI is InChI=1S/C14H12Cl2FN3O/c15-11-5-10(6-12(16)13(11)17)19-7-8-2-1-3-9(4-8)14(18)20-21/h1-6,19,21H,7H2,(H2,18,20). The SMILES string of the molecule is N/C(=N/O)c1cccc(CNc2cc(Cl)c(F)c(Cl)c2)c1. The fourth-order valence-electron chi connectivity index (χ4n) is 1.76. The van der Waals surface area contributed by atoms with Gasteiger partial charge in [0.2, 0.25) is 0 Å². The maximum absolute atomic E-state index is 13.3. The molecule has 0 aliphatic rings. The molecule has 2 aromatic carbocycles. The van der Waals surface area contributed by atoms with Crippen LogP contribution in [0.1, 0.15) is 11.1 Å². The van der Waals surface area contributed by atoms with Crippen molar-refractivity contribution in [2.45, 2.75) is 6.54 Å². The monoisotopic (exact) mass is 327 g/mol. The van der Waals surface area contributed by atoms with Gasteiger partial charge in [-0.2, -0.15) is 0 Å². The third kappa shape index (κ3) is 3.77. The maximum Gasteiger partial charge on any atom is 0.170 e. The number of nitrogens with zero attached hydrogens (tertiary/aromatic N) is 1. The highest BCUT2D eigenvalue weighted by atomic mass is 35.5. The molecule has 0 radical (unpaired) electrons. The average Bonchev–Trinajstić information content (AvgIpc) is 2.50. The van der Waals surface area contributed by atoms with Gasteiger partial charge in [0.1, 0.15) is 0 Å². The molecular weight excluding hydrogens is 316 g/mol. The van der Waals surface area contributed by atoms with Crippen LogP contribution in [0.4, 0.5) is 10.1 Å². The molecule has 0 unspecified atom stereocenters. The third-order valence-electron chi connectivity index (χ3n) is 2.81. The van der Waals surface area contributed by atoms with Crippen molar-refractivity contribution in [3.63, 3.8) is 0 Å². The molecule has 0 aliphatic heterocycles. The van der Waals surface area contributed by atoms with Gasteiger partial charge in [-0.1, -0.05) is 46.6 Å². The number of rotatable bonds is 4. The summed E-state index contributed by atoms with van der Waals surface area (Å²) in [6, 6.07) is 10.1. The highest BCUT2D eigenvalue weighted by molar-refractivity contribution is 6.35. The topological polar surface area (TPSA) is 70.6 Å². The molecule has 7 heteroatoms. The van der Waals surface area contributed by atoms with Crippen LogP contribution in [0.25, 0.3) is 0 Å². The minimum absolute atomic E-state index is 0.0321. The van der Waals surface area contributed by atoms with E-state index in [-0.39, 0.29) is 15.9 Å². The smallest absolute Gasteiger partial charge is 0.170 e. The first-order chi connectivity index (χ1) is 10.0. The van der Waals surface area contributed by atoms with Crippen LogP contribution in [0.2, 0.25) is 10.0 Å². The van der Waals surface area contributed by atoms with Gasteiger partial charge in [0.05, 0.1) is 10.0 Å². The summed E-state index contributed by atoms with van der Waals surface area (Å²) in [6.07, 6.45) is 0. The van der Waals surface area contributed by atoms with Crippen LogP contribution in [0.15, 0.2) is 41.6 Å². The van der Waals surface area contributed by atoms with E-state index in [0.29, 0.717) is 17.8 Å². The van der Waals surface area contributed by atoms with Gasteiger partial charge >= 0.3 is 0 Å². The van der Waals surface area contributed by atoms with Crippen LogP contribution in [0.3, 0.4) is 0 Å². The Morgan fingerprint density at radius 2 is 1.90 bits per heavy atom. The van der Waals surface area contributed by atoms with Crippen molar-refractivity contribution >= 4 is 34.7 Å². The molecule has 0 saturated carbocycles. The summed E-state index contributed by atoms with van der Waals surface area (Å²) in [5, 5.41) is 14.6. The summed E-state index contributed by atoms with van der Waals surface area (Å²) < 4.78 is 13.3. The van der Waals surface area contributed by atoms with E-state index in [4.69, 9.17) is 34.1 Å². The van der Waals surface area contributed by atoms with Gasteiger partial charge in [0.15, 0.2) is 11.7 Å². The number of halogens is 3. The normalized spacial score (nSPS) is 11.5. The second-order valence-electron chi connectivity index (χ2n) is 4.29. The van der Waals surface area contributed by atoms with Gasteiger partial charge in [-0.25, -0.2) is 4.39 Å². The van der Waals surface area contributed by atoms with Crippen molar-refractivity contribution in [2.24, 2.45) is 10.9 Å². The van der Waals surface area contributed by atoms with E-state index in [9.17, 15) is 4.39 Å². The van der Waals surface area contributed by atoms with Gasteiger partial charge in [-0.15, -0.1) is 0 Å². The first kappa shape index (κ1) is 15.4. The Balaban J connectivity index is 2.13. The molecule has 110 valence electrons. The van der Waals surface area contributed by atoms with Gasteiger partial charge in [0, 0.05) is 17.8 Å². The predicted molar refractivity (Wildman–Crippen MR) is 82.7 cm³/mol. The quantitative estimate of drug-likeness (QED) is 0.263. The van der Waals surface area contributed by atoms with E-state index in [1.165, 1.54) is 12.1 Å². The average molecular weight is 328 g/mol. The molecule has 0 fully saturated rings. The molecule has 0 heterocycles. The van der Waals surface area contributed by atoms with Gasteiger partial charge < -0.3 is 16.3 Å². The Morgan fingerprint density at radius 1 is 1.24 bits per heavy atom. The highest BCUT2D eigenvalue weighted by Crippen LogP contribution is 2.27. The van der Waals surface area contributed by atoms with Crippen LogP contribution in [0.5, 0.6) is 0 Å². The molecule has 0 aliphatic carbocycles. The summed E-state index contributed by atoms with van der Waals surface area (Å²) in [7, 11) is 0. The Kier molecular flexibility index (Phi) is 4.88. The number of amidine groups is 1. The molecule has 2 aromatic rings. The highest BCUT2D eigenvalue weighted by Gasteiger charge is 2.07. The fourth-order valence-corrected chi connectivity index (χ4v) is 2.25. The van der Waals surface area contributed by atoms with Crippen LogP contribution in [-0.4, -0.2) is 11.0 Å². The molecule has 4 nitrogen and oxygen atoms in total. The van der Waals surface area contributed by atoms with Crippen LogP contribution in [-0.2, 0) is 6.54 Å². The molecule has 0 amide bonds. The first-order valence-corrected chi connectivity index (χ1v) is 6.72. The second-order valence-corrected chi connectivity index (χ2v) is 5.11. The Hall–Kier alpha value is -1.98. The number of nitrogens with one attached hydrogen (secondary N) is 1. The lowest BCUT2D eigenvalue weighted by Gasteiger charge is -2.09. The summed E-state index contributed by atoms with van der Waals surface area (Å²) in [4.78, 5) is 0. The molecular formula is C14H12Cl2FN3O. The minimum atomic E-state index is -0.641. The van der Waals surface area contributed by atoms with Gasteiger partial charge in [-0.05, 0) is 23.8 Å². The van der Waals surface area contributed by atoms with E-state index in [1.54, 1.807) is 18.2 Å². The zero-order chi connectivity index (χ0) is 15.4. The molecule has 4 N–H and O–H groups in total. The number of hydrogen-bond acceptors (Lipinski definition) is 3. The Labute approximate surface area is 131 Å². The molecule has 2 rings (SSSR count). The van der Waals surface area contributed by atoms with Crippen molar-refractivity contribution in [3.8, 4) is 0 Å². The van der Waals surface area contributed by atoms with Crippen molar-refractivity contribution in [1.29, 1.82) is 0 Å². The molecule has 0 saturated heterocycles. The van der Waals surface area contributed by atoms with Crippen LogP contribution < -0.4 is 11.1 Å². The summed E-state index contributed by atoms with van der Waals surface area (Å²) >= 11 is 11.5. The lowest BCUT2D eigenvalue weighted by molar-refractivity contribution is 0.318. The van der Waals surface area contributed by atoms with Crippen LogP contribution >= 0.6 is 23.2 Å². The fraction of sp³-hybridized carbons (Fsp3) is 0.0714. The molecule has 0 aromatic heterocycles. The lowest BCUT2D eigenvalue weighted by Crippen LogP contribution is -2.13. The molecule has 0 atom stereocenters. The first-order valence-electron chi connectivity index (χ1n) is 5.96. The second kappa shape index (κ2) is 6.65. The number of benzene rings is 2. The van der Waals surface area contributed by atoms with E-state index < -0.39 is 5.82 Å². The number of nitrogens with two attached hydrogens (primary N) is 1. The number of anilines is 1. The summed E-state index contributed by atoms with van der Waals surface area (Å²) in [5.41, 5.74) is 7.63. The van der Waals surface area contributed by atoms with Crippen molar-refractivity contribution in [2.75, 3.05) is 5.32 Å². The van der Waals surface area contributed by atoms with E-state index >= 15 is 0 Å². The molecule has 0 spiro atoms. The predicted octanol–water partition coefficient (Wildman–Crippen LogP) is 3.84. The van der Waals surface area contributed by atoms with Crippen molar-refractivity contribution in [3.05, 3.63) is 63.4 Å². The van der Waals surface area contributed by atoms with Gasteiger partial charge in [-0.3, -0.25) is 0 Å².